The number of nitrogens with zero attached hydrogens (tertiary/aromatic N) is 1. The molecular weight excluding hydrogens is 835 g/mol. The van der Waals surface area contributed by atoms with Gasteiger partial charge in [0.1, 0.15) is 36.3 Å². The molecule has 1 saturated heterocycles. The molecule has 0 saturated carbocycles. The highest BCUT2D eigenvalue weighted by molar-refractivity contribution is 5.96. The van der Waals surface area contributed by atoms with Crippen molar-refractivity contribution in [3.63, 3.8) is 0 Å². The van der Waals surface area contributed by atoms with E-state index >= 15 is 0 Å². The van der Waals surface area contributed by atoms with Gasteiger partial charge in [0, 0.05) is 25.8 Å². The molecule has 2 aromatic carbocycles. The van der Waals surface area contributed by atoms with Gasteiger partial charge < -0.3 is 58.1 Å². The van der Waals surface area contributed by atoms with Crippen LogP contribution in [0.2, 0.25) is 0 Å². The number of hydrogen-bond donors (Lipinski definition) is 9. The second kappa shape index (κ2) is 26.5. The first-order chi connectivity index (χ1) is 30.5. The molecule has 3 rings (SSSR count). The standard InChI is InChI=1S/C43H59N9O12/c1-26(47-40(60)30(16-9-10-20-44)49-35(54)18-19-37(56)57)38(58)48-27(2)42(62)52-21-11-17-33(52)41(61)51-32(23-29-14-7-4-8-15-29)43(63)64-25-36(55)50-31(39(59)46-24-34(45)53)22-28-12-5-3-6-13-28/h3-8,12-15,26-27,30-33H,9-11,16-25,44H2,1-2H3,(H2,45,53)(H,46,59)(H,47,60)(H,48,58)(H,49,54)(H,50,55)(H,51,61)(H,56,57)/t26-,27-,30-,31-,32-,33-/m0/s1. The summed E-state index contributed by atoms with van der Waals surface area (Å²) < 4.78 is 5.34. The Morgan fingerprint density at radius 1 is 0.719 bits per heavy atom. The van der Waals surface area contributed by atoms with Crippen LogP contribution in [0.5, 0.6) is 0 Å². The van der Waals surface area contributed by atoms with Crippen molar-refractivity contribution in [1.82, 2.24) is 36.8 Å². The van der Waals surface area contributed by atoms with E-state index in [0.717, 1.165) is 0 Å². The third-order valence-corrected chi connectivity index (χ3v) is 10.1. The summed E-state index contributed by atoms with van der Waals surface area (Å²) >= 11 is 0. The number of nitrogens with two attached hydrogens (primary N) is 2. The molecule has 0 bridgehead atoms. The summed E-state index contributed by atoms with van der Waals surface area (Å²) in [7, 11) is 0. The molecule has 0 radical (unpaired) electrons. The fourth-order valence-corrected chi connectivity index (χ4v) is 6.72. The van der Waals surface area contributed by atoms with Crippen molar-refractivity contribution in [3.8, 4) is 0 Å². The molecule has 11 N–H and O–H groups in total. The van der Waals surface area contributed by atoms with E-state index in [0.29, 0.717) is 36.9 Å². The monoisotopic (exact) mass is 893 g/mol. The zero-order chi connectivity index (χ0) is 47.2. The molecular formula is C43H59N9O12. The molecule has 64 heavy (non-hydrogen) atoms. The van der Waals surface area contributed by atoms with Crippen molar-refractivity contribution in [3.05, 3.63) is 71.8 Å². The second-order valence-corrected chi connectivity index (χ2v) is 15.3. The number of esters is 1. The summed E-state index contributed by atoms with van der Waals surface area (Å²) in [6.07, 6.45) is 1.07. The molecule has 2 aromatic rings. The van der Waals surface area contributed by atoms with E-state index in [2.05, 4.69) is 31.9 Å². The number of carbonyl (C=O) groups is 10. The van der Waals surface area contributed by atoms with Gasteiger partial charge in [-0.3, -0.25) is 43.2 Å². The maximum Gasteiger partial charge on any atom is 0.329 e. The Morgan fingerprint density at radius 3 is 1.91 bits per heavy atom. The number of benzene rings is 2. The molecule has 8 amide bonds. The first kappa shape index (κ1) is 51.5. The number of likely N-dealkylation sites (tertiary alicyclic amines) is 1. The summed E-state index contributed by atoms with van der Waals surface area (Å²) in [5.74, 6) is -7.87. The van der Waals surface area contributed by atoms with E-state index in [9.17, 15) is 47.9 Å². The summed E-state index contributed by atoms with van der Waals surface area (Å²) in [6.45, 7) is 1.99. The fourth-order valence-electron chi connectivity index (χ4n) is 6.72. The van der Waals surface area contributed by atoms with E-state index in [-0.39, 0.29) is 38.6 Å². The van der Waals surface area contributed by atoms with Gasteiger partial charge in [-0.15, -0.1) is 0 Å². The molecule has 1 aliphatic rings. The van der Waals surface area contributed by atoms with Crippen LogP contribution in [0.15, 0.2) is 60.7 Å². The van der Waals surface area contributed by atoms with Crippen molar-refractivity contribution >= 4 is 59.2 Å². The van der Waals surface area contributed by atoms with Crippen molar-refractivity contribution in [2.45, 2.75) is 108 Å². The highest BCUT2D eigenvalue weighted by atomic mass is 16.5. The summed E-state index contributed by atoms with van der Waals surface area (Å²) in [6, 6.07) is 10.5. The molecule has 0 aliphatic carbocycles. The van der Waals surface area contributed by atoms with Gasteiger partial charge in [-0.2, -0.15) is 0 Å². The van der Waals surface area contributed by atoms with Crippen molar-refractivity contribution in [2.75, 3.05) is 26.2 Å². The Labute approximate surface area is 370 Å². The Bertz CT molecular complexity index is 1950. The van der Waals surface area contributed by atoms with Gasteiger partial charge in [0.25, 0.3) is 5.91 Å². The fraction of sp³-hybridized carbons (Fsp3) is 0.488. The minimum Gasteiger partial charge on any atom is -0.481 e. The lowest BCUT2D eigenvalue weighted by Gasteiger charge is -2.29. The number of carboxylic acids is 1. The summed E-state index contributed by atoms with van der Waals surface area (Å²) in [4.78, 5) is 129. The predicted octanol–water partition coefficient (Wildman–Crippen LogP) is -1.93. The quantitative estimate of drug-likeness (QED) is 0.0368. The Kier molecular flexibility index (Phi) is 21.3. The summed E-state index contributed by atoms with van der Waals surface area (Å²) in [5.41, 5.74) is 12.0. The van der Waals surface area contributed by atoms with Gasteiger partial charge in [0.05, 0.1) is 13.0 Å². The number of carbonyl (C=O) groups excluding carboxylic acids is 9. The van der Waals surface area contributed by atoms with E-state index in [1.165, 1.54) is 18.7 Å². The average Bonchev–Trinajstić information content (AvgIpc) is 3.76. The lowest BCUT2D eigenvalue weighted by atomic mass is 10.0. The molecule has 1 heterocycles. The number of carboxylic acid groups (broad SMARTS) is 1. The normalized spacial score (nSPS) is 15.5. The minimum absolute atomic E-state index is 0.0440. The van der Waals surface area contributed by atoms with Crippen LogP contribution in [0, 0.1) is 0 Å². The number of rotatable bonds is 26. The number of ether oxygens (including phenoxy) is 1. The van der Waals surface area contributed by atoms with Crippen LogP contribution in [-0.2, 0) is 65.5 Å². The van der Waals surface area contributed by atoms with E-state index in [1.807, 2.05) is 0 Å². The molecule has 21 nitrogen and oxygen atoms in total. The number of primary amides is 1. The van der Waals surface area contributed by atoms with E-state index in [1.54, 1.807) is 60.7 Å². The van der Waals surface area contributed by atoms with Crippen LogP contribution in [0.1, 0.15) is 69.9 Å². The topological polar surface area (TPSA) is 328 Å². The number of nitrogens with one attached hydrogen (secondary N) is 6. The average molecular weight is 894 g/mol. The van der Waals surface area contributed by atoms with E-state index < -0.39 is 115 Å². The van der Waals surface area contributed by atoms with Crippen LogP contribution >= 0.6 is 0 Å². The van der Waals surface area contributed by atoms with Crippen LogP contribution in [0.25, 0.3) is 0 Å². The third kappa shape index (κ3) is 17.8. The van der Waals surface area contributed by atoms with Crippen molar-refractivity contribution < 1.29 is 57.8 Å². The molecule has 1 fully saturated rings. The van der Waals surface area contributed by atoms with Crippen LogP contribution in [0.3, 0.4) is 0 Å². The molecule has 21 heteroatoms. The maximum absolute atomic E-state index is 13.8. The molecule has 0 aromatic heterocycles. The van der Waals surface area contributed by atoms with Crippen LogP contribution < -0.4 is 43.4 Å². The van der Waals surface area contributed by atoms with Gasteiger partial charge in [-0.1, -0.05) is 60.7 Å². The van der Waals surface area contributed by atoms with Crippen LogP contribution in [0.4, 0.5) is 0 Å². The highest BCUT2D eigenvalue weighted by Gasteiger charge is 2.38. The molecule has 0 unspecified atom stereocenters. The molecule has 6 atom stereocenters. The summed E-state index contributed by atoms with van der Waals surface area (Å²) in [5, 5.41) is 24.0. The molecule has 1 aliphatic heterocycles. The number of unbranched alkanes of at least 4 members (excludes halogenated alkanes) is 1. The minimum atomic E-state index is -1.32. The predicted molar refractivity (Wildman–Crippen MR) is 229 cm³/mol. The SMILES string of the molecule is C[C@H](NC(=O)[C@H](CCCCN)NC(=O)CCC(=O)O)C(=O)N[C@@H](C)C(=O)N1CCC[C@H]1C(=O)N[C@@H](Cc1ccccc1)C(=O)OCC(=O)N[C@@H](Cc1ccccc1)C(=O)NCC(N)=O. The maximum atomic E-state index is 13.8. The first-order valence-corrected chi connectivity index (χ1v) is 21.0. The third-order valence-electron chi connectivity index (χ3n) is 10.1. The zero-order valence-corrected chi connectivity index (χ0v) is 36.0. The largest absolute Gasteiger partial charge is 0.481 e. The lowest BCUT2D eigenvalue weighted by Crippen LogP contribution is -2.57. The van der Waals surface area contributed by atoms with Gasteiger partial charge in [0.2, 0.25) is 41.4 Å². The Morgan fingerprint density at radius 2 is 1.31 bits per heavy atom. The van der Waals surface area contributed by atoms with Gasteiger partial charge in [0.15, 0.2) is 6.61 Å². The highest BCUT2D eigenvalue weighted by Crippen LogP contribution is 2.19. The second-order valence-electron chi connectivity index (χ2n) is 15.3. The number of amides is 8. The van der Waals surface area contributed by atoms with Gasteiger partial charge in [-0.05, 0) is 63.6 Å². The Hall–Kier alpha value is -6.90. The van der Waals surface area contributed by atoms with Crippen LogP contribution in [-0.4, -0.2) is 132 Å². The lowest BCUT2D eigenvalue weighted by molar-refractivity contribution is -0.152. The van der Waals surface area contributed by atoms with E-state index in [4.69, 9.17) is 21.3 Å². The van der Waals surface area contributed by atoms with Crippen molar-refractivity contribution in [2.24, 2.45) is 11.5 Å². The first-order valence-electron chi connectivity index (χ1n) is 21.0. The molecule has 348 valence electrons. The number of aliphatic carboxylic acids is 1. The number of hydrogen-bond acceptors (Lipinski definition) is 12. The van der Waals surface area contributed by atoms with Gasteiger partial charge >= 0.3 is 11.9 Å². The Balaban J connectivity index is 1.64. The smallest absolute Gasteiger partial charge is 0.329 e. The molecule has 0 spiro atoms. The van der Waals surface area contributed by atoms with Crippen molar-refractivity contribution in [1.29, 1.82) is 0 Å². The zero-order valence-electron chi connectivity index (χ0n) is 36.0. The van der Waals surface area contributed by atoms with Gasteiger partial charge in [-0.25, -0.2) is 4.79 Å².